The summed E-state index contributed by atoms with van der Waals surface area (Å²) in [5, 5.41) is 0. The van der Waals surface area contributed by atoms with Crippen molar-refractivity contribution in [2.75, 3.05) is 11.4 Å². The fourth-order valence-corrected chi connectivity index (χ4v) is 1.85. The molecule has 1 heterocycles. The lowest BCUT2D eigenvalue weighted by atomic mass is 10.0. The third-order valence-electron chi connectivity index (χ3n) is 2.53. The number of halogens is 1. The van der Waals surface area contributed by atoms with Gasteiger partial charge in [-0.25, -0.2) is 9.18 Å². The van der Waals surface area contributed by atoms with E-state index in [1.54, 1.807) is 6.07 Å². The Bertz CT molecular complexity index is 392. The summed E-state index contributed by atoms with van der Waals surface area (Å²) in [6.45, 7) is 2.48. The number of benzene rings is 1. The van der Waals surface area contributed by atoms with Gasteiger partial charge in [0.25, 0.3) is 0 Å². The second-order valence-corrected chi connectivity index (χ2v) is 3.55. The maximum absolute atomic E-state index is 12.9. The van der Waals surface area contributed by atoms with Gasteiger partial charge in [0.2, 0.25) is 0 Å². The number of nitrogens with zero attached hydrogens (tertiary/aromatic N) is 1. The summed E-state index contributed by atoms with van der Waals surface area (Å²) in [5.74, 6) is -0.130. The van der Waals surface area contributed by atoms with Crippen molar-refractivity contribution in [3.63, 3.8) is 0 Å². The molecule has 0 aromatic heterocycles. The van der Waals surface area contributed by atoms with Crippen molar-refractivity contribution in [1.29, 1.82) is 0 Å². The van der Waals surface area contributed by atoms with Crippen molar-refractivity contribution in [2.45, 2.75) is 12.8 Å². The van der Waals surface area contributed by atoms with Crippen LogP contribution in [0.5, 0.6) is 0 Å². The van der Waals surface area contributed by atoms with E-state index < -0.39 is 6.03 Å². The Morgan fingerprint density at radius 1 is 1.64 bits per heavy atom. The average molecular weight is 194 g/mol. The van der Waals surface area contributed by atoms with Crippen LogP contribution in [0.15, 0.2) is 18.2 Å². The summed E-state index contributed by atoms with van der Waals surface area (Å²) in [4.78, 5) is 12.5. The Labute approximate surface area is 81.3 Å². The van der Waals surface area contributed by atoms with Crippen molar-refractivity contribution >= 4 is 11.7 Å². The summed E-state index contributed by atoms with van der Waals surface area (Å²) in [5.41, 5.74) is 6.78. The van der Waals surface area contributed by atoms with Crippen LogP contribution in [0.1, 0.15) is 18.4 Å². The van der Waals surface area contributed by atoms with Gasteiger partial charge in [-0.2, -0.15) is 0 Å². The lowest BCUT2D eigenvalue weighted by Crippen LogP contribution is -2.34. The van der Waals surface area contributed by atoms with E-state index in [1.807, 2.05) is 6.92 Å². The highest BCUT2D eigenvalue weighted by Crippen LogP contribution is 2.35. The molecular formula is C10H11FN2O. The average Bonchev–Trinajstić information content (AvgIpc) is 2.44. The third kappa shape index (κ3) is 1.23. The molecule has 1 aliphatic rings. The van der Waals surface area contributed by atoms with E-state index in [2.05, 4.69) is 0 Å². The minimum absolute atomic E-state index is 0.146. The standard InChI is InChI=1S/C10H11FN2O/c1-6-5-13(10(12)14)9-3-2-7(11)4-8(6)9/h2-4,6H,5H2,1H3,(H2,12,14)/t6-/m1/s1. The highest BCUT2D eigenvalue weighted by atomic mass is 19.1. The summed E-state index contributed by atoms with van der Waals surface area (Å²) < 4.78 is 12.9. The Morgan fingerprint density at radius 2 is 2.36 bits per heavy atom. The molecule has 3 nitrogen and oxygen atoms in total. The number of carbonyl (C=O) groups excluding carboxylic acids is 1. The van der Waals surface area contributed by atoms with Crippen molar-refractivity contribution in [2.24, 2.45) is 5.73 Å². The maximum atomic E-state index is 12.9. The monoisotopic (exact) mass is 194 g/mol. The van der Waals surface area contributed by atoms with Gasteiger partial charge in [-0.3, -0.25) is 4.90 Å². The Hall–Kier alpha value is -1.58. The molecule has 4 heteroatoms. The zero-order valence-corrected chi connectivity index (χ0v) is 7.83. The number of nitrogens with two attached hydrogens (primary N) is 1. The van der Waals surface area contributed by atoms with E-state index in [4.69, 9.17) is 5.73 Å². The smallest absolute Gasteiger partial charge is 0.319 e. The third-order valence-corrected chi connectivity index (χ3v) is 2.53. The van der Waals surface area contributed by atoms with Gasteiger partial charge < -0.3 is 5.73 Å². The second-order valence-electron chi connectivity index (χ2n) is 3.55. The predicted octanol–water partition coefficient (Wildman–Crippen LogP) is 1.83. The van der Waals surface area contributed by atoms with E-state index in [1.165, 1.54) is 17.0 Å². The van der Waals surface area contributed by atoms with E-state index >= 15 is 0 Å². The van der Waals surface area contributed by atoms with E-state index in [0.717, 1.165) is 11.3 Å². The normalized spacial score (nSPS) is 19.6. The number of urea groups is 1. The van der Waals surface area contributed by atoms with Crippen LogP contribution in [0.4, 0.5) is 14.9 Å². The quantitative estimate of drug-likeness (QED) is 0.672. The zero-order valence-electron chi connectivity index (χ0n) is 7.83. The maximum Gasteiger partial charge on any atom is 0.319 e. The molecule has 0 spiro atoms. The molecule has 0 aliphatic carbocycles. The lowest BCUT2D eigenvalue weighted by Gasteiger charge is -2.13. The number of carbonyl (C=O) groups is 1. The number of fused-ring (bicyclic) bond motifs is 1. The van der Waals surface area contributed by atoms with Crippen molar-refractivity contribution in [3.05, 3.63) is 29.6 Å². The molecule has 2 amide bonds. The molecule has 1 aromatic rings. The van der Waals surface area contributed by atoms with Gasteiger partial charge >= 0.3 is 6.03 Å². The fourth-order valence-electron chi connectivity index (χ4n) is 1.85. The van der Waals surface area contributed by atoms with Crippen LogP contribution in [-0.2, 0) is 0 Å². The van der Waals surface area contributed by atoms with Gasteiger partial charge in [0.1, 0.15) is 5.82 Å². The fraction of sp³-hybridized carbons (Fsp3) is 0.300. The van der Waals surface area contributed by atoms with Gasteiger partial charge in [-0.15, -0.1) is 0 Å². The Morgan fingerprint density at radius 3 is 3.00 bits per heavy atom. The molecule has 1 aliphatic heterocycles. The lowest BCUT2D eigenvalue weighted by molar-refractivity contribution is 0.254. The van der Waals surface area contributed by atoms with E-state index in [-0.39, 0.29) is 11.7 Å². The van der Waals surface area contributed by atoms with Crippen LogP contribution in [0.3, 0.4) is 0 Å². The second kappa shape index (κ2) is 2.97. The highest BCUT2D eigenvalue weighted by molar-refractivity contribution is 5.93. The molecule has 74 valence electrons. The summed E-state index contributed by atoms with van der Waals surface area (Å²) in [7, 11) is 0. The minimum atomic E-state index is -0.484. The predicted molar refractivity (Wildman–Crippen MR) is 51.7 cm³/mol. The SMILES string of the molecule is C[C@@H]1CN(C(N)=O)c2ccc(F)cc21. The van der Waals surface area contributed by atoms with Crippen molar-refractivity contribution in [1.82, 2.24) is 0 Å². The van der Waals surface area contributed by atoms with Crippen LogP contribution in [0.2, 0.25) is 0 Å². The molecular weight excluding hydrogens is 183 g/mol. The van der Waals surface area contributed by atoms with Gasteiger partial charge in [-0.1, -0.05) is 6.92 Å². The number of anilines is 1. The molecule has 0 saturated carbocycles. The summed E-state index contributed by atoms with van der Waals surface area (Å²) in [6.07, 6.45) is 0. The van der Waals surface area contributed by atoms with Crippen LogP contribution in [-0.4, -0.2) is 12.6 Å². The van der Waals surface area contributed by atoms with E-state index in [9.17, 15) is 9.18 Å². The minimum Gasteiger partial charge on any atom is -0.351 e. The number of hydrogen-bond donors (Lipinski definition) is 1. The van der Waals surface area contributed by atoms with Crippen LogP contribution in [0, 0.1) is 5.82 Å². The summed E-state index contributed by atoms with van der Waals surface area (Å²) >= 11 is 0. The summed E-state index contributed by atoms with van der Waals surface area (Å²) in [6, 6.07) is 3.91. The number of amides is 2. The number of rotatable bonds is 0. The van der Waals surface area contributed by atoms with Crippen molar-refractivity contribution in [3.8, 4) is 0 Å². The van der Waals surface area contributed by atoms with Gasteiger partial charge in [0, 0.05) is 18.2 Å². The molecule has 1 atom stereocenters. The molecule has 2 rings (SSSR count). The molecule has 14 heavy (non-hydrogen) atoms. The molecule has 0 bridgehead atoms. The first-order chi connectivity index (χ1) is 6.59. The highest BCUT2D eigenvalue weighted by Gasteiger charge is 2.28. The molecule has 0 fully saturated rings. The molecule has 0 unspecified atom stereocenters. The Kier molecular flexibility index (Phi) is 1.91. The first-order valence-corrected chi connectivity index (χ1v) is 4.46. The van der Waals surface area contributed by atoms with Gasteiger partial charge in [-0.05, 0) is 23.8 Å². The van der Waals surface area contributed by atoms with Crippen LogP contribution < -0.4 is 10.6 Å². The van der Waals surface area contributed by atoms with Crippen LogP contribution in [0.25, 0.3) is 0 Å². The number of hydrogen-bond acceptors (Lipinski definition) is 1. The molecule has 2 N–H and O–H groups in total. The van der Waals surface area contributed by atoms with E-state index in [0.29, 0.717) is 6.54 Å². The molecule has 0 radical (unpaired) electrons. The Balaban J connectivity index is 2.49. The molecule has 0 saturated heterocycles. The van der Waals surface area contributed by atoms with Crippen LogP contribution >= 0.6 is 0 Å². The van der Waals surface area contributed by atoms with Gasteiger partial charge in [0.05, 0.1) is 0 Å². The van der Waals surface area contributed by atoms with Gasteiger partial charge in [0.15, 0.2) is 0 Å². The zero-order chi connectivity index (χ0) is 10.3. The first kappa shape index (κ1) is 8.99. The molecule has 1 aromatic carbocycles. The number of primary amides is 1. The topological polar surface area (TPSA) is 46.3 Å². The first-order valence-electron chi connectivity index (χ1n) is 4.46. The van der Waals surface area contributed by atoms with Crippen molar-refractivity contribution < 1.29 is 9.18 Å². The largest absolute Gasteiger partial charge is 0.351 e.